The summed E-state index contributed by atoms with van der Waals surface area (Å²) in [5.74, 6) is 0.900. The molecule has 0 amide bonds. The Morgan fingerprint density at radius 1 is 0.958 bits per heavy atom. The van der Waals surface area contributed by atoms with Crippen LogP contribution >= 0.6 is 0 Å². The summed E-state index contributed by atoms with van der Waals surface area (Å²) >= 11 is 0. The molecular formula is C20H23N3O. The lowest BCUT2D eigenvalue weighted by atomic mass is 10.1. The molecule has 1 aliphatic heterocycles. The first-order chi connectivity index (χ1) is 11.8. The lowest BCUT2D eigenvalue weighted by Gasteiger charge is -2.34. The third-order valence-electron chi connectivity index (χ3n) is 4.86. The van der Waals surface area contributed by atoms with Crippen LogP contribution in [0, 0.1) is 0 Å². The predicted octanol–water partition coefficient (Wildman–Crippen LogP) is 3.60. The molecule has 3 aromatic rings. The van der Waals surface area contributed by atoms with E-state index in [0.717, 1.165) is 37.4 Å². The van der Waals surface area contributed by atoms with Gasteiger partial charge in [0.15, 0.2) is 0 Å². The summed E-state index contributed by atoms with van der Waals surface area (Å²) < 4.78 is 5.46. The molecule has 0 saturated carbocycles. The number of H-pyrrole nitrogens is 1. The second kappa shape index (κ2) is 6.21. The van der Waals surface area contributed by atoms with Crippen LogP contribution in [0.1, 0.15) is 0 Å². The van der Waals surface area contributed by atoms with Crippen LogP contribution in [0.5, 0.6) is 5.75 Å². The minimum absolute atomic E-state index is 0.900. The van der Waals surface area contributed by atoms with Gasteiger partial charge in [0, 0.05) is 42.6 Å². The first-order valence-corrected chi connectivity index (χ1v) is 8.45. The van der Waals surface area contributed by atoms with E-state index < -0.39 is 0 Å². The molecule has 4 nitrogen and oxygen atoms in total. The van der Waals surface area contributed by atoms with Crippen molar-refractivity contribution in [3.05, 3.63) is 48.5 Å². The topological polar surface area (TPSA) is 31.5 Å². The van der Waals surface area contributed by atoms with E-state index >= 15 is 0 Å². The zero-order chi connectivity index (χ0) is 16.5. The molecule has 2 aromatic carbocycles. The van der Waals surface area contributed by atoms with Gasteiger partial charge in [-0.25, -0.2) is 0 Å². The van der Waals surface area contributed by atoms with Gasteiger partial charge < -0.3 is 19.5 Å². The highest BCUT2D eigenvalue weighted by Gasteiger charge is 2.22. The number of anilines is 1. The second-order valence-corrected chi connectivity index (χ2v) is 6.42. The van der Waals surface area contributed by atoms with Gasteiger partial charge in [0.1, 0.15) is 5.75 Å². The average molecular weight is 321 g/mol. The van der Waals surface area contributed by atoms with Crippen LogP contribution < -0.4 is 9.64 Å². The van der Waals surface area contributed by atoms with Gasteiger partial charge in [0.2, 0.25) is 0 Å². The van der Waals surface area contributed by atoms with E-state index in [1.165, 1.54) is 22.3 Å². The molecule has 4 heteroatoms. The van der Waals surface area contributed by atoms with Gasteiger partial charge in [0.05, 0.1) is 18.5 Å². The molecule has 0 spiro atoms. The number of nitrogens with zero attached hydrogens (tertiary/aromatic N) is 2. The van der Waals surface area contributed by atoms with Crippen molar-refractivity contribution < 1.29 is 4.74 Å². The summed E-state index contributed by atoms with van der Waals surface area (Å²) in [5.41, 5.74) is 4.87. The zero-order valence-corrected chi connectivity index (χ0v) is 14.2. The predicted molar refractivity (Wildman–Crippen MR) is 100.0 cm³/mol. The number of aromatic amines is 1. The minimum atomic E-state index is 0.900. The molecule has 0 bridgehead atoms. The van der Waals surface area contributed by atoms with Crippen LogP contribution in [0.4, 0.5) is 5.69 Å². The third-order valence-corrected chi connectivity index (χ3v) is 4.86. The molecule has 0 atom stereocenters. The number of hydrogen-bond donors (Lipinski definition) is 1. The molecule has 4 rings (SSSR count). The molecule has 1 N–H and O–H groups in total. The van der Waals surface area contributed by atoms with Gasteiger partial charge in [-0.1, -0.05) is 30.3 Å². The number of ether oxygens (including phenoxy) is 1. The van der Waals surface area contributed by atoms with Crippen LogP contribution in [-0.2, 0) is 0 Å². The monoisotopic (exact) mass is 321 g/mol. The van der Waals surface area contributed by atoms with E-state index in [2.05, 4.69) is 64.3 Å². The lowest BCUT2D eigenvalue weighted by molar-refractivity contribution is 0.313. The van der Waals surface area contributed by atoms with Crippen LogP contribution in [0.2, 0.25) is 0 Å². The quantitative estimate of drug-likeness (QED) is 0.800. The molecule has 0 unspecified atom stereocenters. The number of aromatic nitrogens is 1. The number of fused-ring (bicyclic) bond motifs is 1. The minimum Gasteiger partial charge on any atom is -0.497 e. The fraction of sp³-hybridized carbons (Fsp3) is 0.300. The maximum atomic E-state index is 5.46. The fourth-order valence-electron chi connectivity index (χ4n) is 3.46. The number of hydrogen-bond acceptors (Lipinski definition) is 3. The van der Waals surface area contributed by atoms with E-state index in [1.807, 2.05) is 6.07 Å². The Kier molecular flexibility index (Phi) is 3.90. The number of methoxy groups -OCH3 is 1. The van der Waals surface area contributed by atoms with E-state index in [0.29, 0.717) is 0 Å². The summed E-state index contributed by atoms with van der Waals surface area (Å²) in [6, 6.07) is 16.9. The van der Waals surface area contributed by atoms with Crippen molar-refractivity contribution in [1.29, 1.82) is 0 Å². The number of likely N-dealkylation sites (N-methyl/N-ethyl adjacent to an activating group) is 1. The van der Waals surface area contributed by atoms with E-state index in [-0.39, 0.29) is 0 Å². The third kappa shape index (κ3) is 2.63. The van der Waals surface area contributed by atoms with E-state index in [9.17, 15) is 0 Å². The van der Waals surface area contributed by atoms with Crippen molar-refractivity contribution in [3.63, 3.8) is 0 Å². The van der Waals surface area contributed by atoms with Crippen LogP contribution in [0.25, 0.3) is 22.2 Å². The number of rotatable bonds is 3. The number of benzene rings is 2. The molecule has 0 aliphatic carbocycles. The molecule has 1 aliphatic rings. The van der Waals surface area contributed by atoms with Gasteiger partial charge in [0.25, 0.3) is 0 Å². The summed E-state index contributed by atoms with van der Waals surface area (Å²) in [6.45, 7) is 4.26. The molecule has 2 heterocycles. The Balaban J connectivity index is 1.89. The maximum absolute atomic E-state index is 5.46. The Labute approximate surface area is 142 Å². The Morgan fingerprint density at radius 3 is 2.42 bits per heavy atom. The standard InChI is InChI=1S/C20H23N3O/c1-22-10-12-23(13-11-22)20-17-14-16(24-2)8-9-18(17)21-19(20)15-6-4-3-5-7-15/h3-9,14,21H,10-13H2,1-2H3. The highest BCUT2D eigenvalue weighted by molar-refractivity contribution is 6.02. The second-order valence-electron chi connectivity index (χ2n) is 6.42. The highest BCUT2D eigenvalue weighted by atomic mass is 16.5. The lowest BCUT2D eigenvalue weighted by Crippen LogP contribution is -2.44. The van der Waals surface area contributed by atoms with Crippen molar-refractivity contribution in [1.82, 2.24) is 9.88 Å². The van der Waals surface area contributed by atoms with Crippen molar-refractivity contribution in [3.8, 4) is 17.0 Å². The van der Waals surface area contributed by atoms with E-state index in [4.69, 9.17) is 4.74 Å². The number of nitrogens with one attached hydrogen (secondary N) is 1. The maximum Gasteiger partial charge on any atom is 0.119 e. The van der Waals surface area contributed by atoms with Gasteiger partial charge in [-0.2, -0.15) is 0 Å². The summed E-state index contributed by atoms with van der Waals surface area (Å²) in [5, 5.41) is 1.23. The van der Waals surface area contributed by atoms with Crippen molar-refractivity contribution >= 4 is 16.6 Å². The molecule has 1 fully saturated rings. The Morgan fingerprint density at radius 2 is 1.71 bits per heavy atom. The first-order valence-electron chi connectivity index (χ1n) is 8.45. The average Bonchev–Trinajstić information content (AvgIpc) is 3.01. The van der Waals surface area contributed by atoms with Gasteiger partial charge in [-0.15, -0.1) is 0 Å². The van der Waals surface area contributed by atoms with Crippen molar-refractivity contribution in [2.45, 2.75) is 0 Å². The number of piperazine rings is 1. The summed E-state index contributed by atoms with van der Waals surface area (Å²) in [7, 11) is 3.91. The molecule has 1 saturated heterocycles. The van der Waals surface area contributed by atoms with Gasteiger partial charge in [-0.05, 0) is 25.2 Å². The van der Waals surface area contributed by atoms with Gasteiger partial charge >= 0.3 is 0 Å². The fourth-order valence-corrected chi connectivity index (χ4v) is 3.46. The molecule has 24 heavy (non-hydrogen) atoms. The van der Waals surface area contributed by atoms with E-state index in [1.54, 1.807) is 7.11 Å². The first kappa shape index (κ1) is 15.1. The van der Waals surface area contributed by atoms with Crippen LogP contribution in [0.3, 0.4) is 0 Å². The van der Waals surface area contributed by atoms with Crippen LogP contribution in [0.15, 0.2) is 48.5 Å². The van der Waals surface area contributed by atoms with Crippen molar-refractivity contribution in [2.75, 3.05) is 45.2 Å². The molecular weight excluding hydrogens is 298 g/mol. The van der Waals surface area contributed by atoms with Gasteiger partial charge in [-0.3, -0.25) is 0 Å². The Hall–Kier alpha value is -2.46. The van der Waals surface area contributed by atoms with Crippen molar-refractivity contribution in [2.24, 2.45) is 0 Å². The SMILES string of the molecule is COc1ccc2[nH]c(-c3ccccc3)c(N3CCN(C)CC3)c2c1. The molecule has 124 valence electrons. The highest BCUT2D eigenvalue weighted by Crippen LogP contribution is 2.39. The molecule has 0 radical (unpaired) electrons. The summed E-state index contributed by atoms with van der Waals surface area (Å²) in [4.78, 5) is 8.51. The smallest absolute Gasteiger partial charge is 0.119 e. The normalized spacial score (nSPS) is 15.8. The zero-order valence-electron chi connectivity index (χ0n) is 14.2. The molecule has 1 aromatic heterocycles. The largest absolute Gasteiger partial charge is 0.497 e. The van der Waals surface area contributed by atoms with Crippen LogP contribution in [-0.4, -0.2) is 50.2 Å². The summed E-state index contributed by atoms with van der Waals surface area (Å²) in [6.07, 6.45) is 0. The Bertz CT molecular complexity index is 833.